The minimum atomic E-state index is 0.596. The molecular weight excluding hydrogens is 294 g/mol. The summed E-state index contributed by atoms with van der Waals surface area (Å²) < 4.78 is 16.3. The SMILES string of the molecule is CCN1CCc2[nH]nc(-c3cc(OC)c(OC)c(OC)c3)c2C1. The van der Waals surface area contributed by atoms with Crippen LogP contribution in [0.25, 0.3) is 11.3 Å². The second kappa shape index (κ2) is 6.50. The van der Waals surface area contributed by atoms with E-state index in [0.29, 0.717) is 17.2 Å². The summed E-state index contributed by atoms with van der Waals surface area (Å²) in [6.45, 7) is 5.21. The Balaban J connectivity index is 2.08. The van der Waals surface area contributed by atoms with Crippen LogP contribution in [0.3, 0.4) is 0 Å². The molecule has 1 aromatic heterocycles. The molecule has 2 heterocycles. The van der Waals surface area contributed by atoms with Crippen molar-refractivity contribution in [2.45, 2.75) is 19.9 Å². The van der Waals surface area contributed by atoms with Crippen molar-refractivity contribution in [2.24, 2.45) is 0 Å². The molecule has 1 N–H and O–H groups in total. The summed E-state index contributed by atoms with van der Waals surface area (Å²) >= 11 is 0. The van der Waals surface area contributed by atoms with E-state index in [1.807, 2.05) is 12.1 Å². The molecule has 0 radical (unpaired) electrons. The summed E-state index contributed by atoms with van der Waals surface area (Å²) in [5.41, 5.74) is 4.40. The lowest BCUT2D eigenvalue weighted by molar-refractivity contribution is 0.267. The van der Waals surface area contributed by atoms with Crippen molar-refractivity contribution in [3.63, 3.8) is 0 Å². The molecule has 0 saturated carbocycles. The molecule has 0 saturated heterocycles. The predicted octanol–water partition coefficient (Wildman–Crippen LogP) is 2.48. The van der Waals surface area contributed by atoms with E-state index in [-0.39, 0.29) is 0 Å². The second-order valence-electron chi connectivity index (χ2n) is 5.56. The fraction of sp³-hybridized carbons (Fsp3) is 0.471. The van der Waals surface area contributed by atoms with Gasteiger partial charge in [0.25, 0.3) is 0 Å². The highest BCUT2D eigenvalue weighted by atomic mass is 16.5. The third kappa shape index (κ3) is 2.74. The molecule has 0 amide bonds. The van der Waals surface area contributed by atoms with Crippen LogP contribution < -0.4 is 14.2 Å². The van der Waals surface area contributed by atoms with E-state index in [0.717, 1.165) is 37.3 Å². The Bertz CT molecular complexity index is 671. The zero-order chi connectivity index (χ0) is 16.4. The summed E-state index contributed by atoms with van der Waals surface area (Å²) in [6, 6.07) is 3.89. The maximum Gasteiger partial charge on any atom is 0.203 e. The molecule has 6 heteroatoms. The van der Waals surface area contributed by atoms with E-state index in [2.05, 4.69) is 22.0 Å². The highest BCUT2D eigenvalue weighted by Gasteiger charge is 2.23. The van der Waals surface area contributed by atoms with Gasteiger partial charge in [-0.3, -0.25) is 10.00 Å². The number of hydrogen-bond acceptors (Lipinski definition) is 5. The van der Waals surface area contributed by atoms with Crippen molar-refractivity contribution < 1.29 is 14.2 Å². The maximum absolute atomic E-state index is 5.45. The topological polar surface area (TPSA) is 59.6 Å². The van der Waals surface area contributed by atoms with Gasteiger partial charge in [0.1, 0.15) is 0 Å². The molecular formula is C17H23N3O3. The number of methoxy groups -OCH3 is 3. The first-order valence-electron chi connectivity index (χ1n) is 7.80. The van der Waals surface area contributed by atoms with Gasteiger partial charge < -0.3 is 14.2 Å². The van der Waals surface area contributed by atoms with Gasteiger partial charge in [0.15, 0.2) is 11.5 Å². The highest BCUT2D eigenvalue weighted by molar-refractivity contribution is 5.71. The van der Waals surface area contributed by atoms with Crippen molar-refractivity contribution in [1.29, 1.82) is 0 Å². The standard InChI is InChI=1S/C17H23N3O3/c1-5-20-7-6-13-12(10-20)16(19-18-13)11-8-14(21-2)17(23-4)15(9-11)22-3/h8-9H,5-7,10H2,1-4H3,(H,18,19). The van der Waals surface area contributed by atoms with Crippen molar-refractivity contribution in [3.05, 3.63) is 23.4 Å². The Kier molecular flexibility index (Phi) is 4.43. The van der Waals surface area contributed by atoms with Gasteiger partial charge in [-0.25, -0.2) is 0 Å². The van der Waals surface area contributed by atoms with Crippen LogP contribution in [-0.2, 0) is 13.0 Å². The number of aromatic nitrogens is 2. The first-order chi connectivity index (χ1) is 11.2. The fourth-order valence-corrected chi connectivity index (χ4v) is 3.08. The number of aromatic amines is 1. The molecule has 0 atom stereocenters. The molecule has 0 unspecified atom stereocenters. The molecule has 1 aliphatic heterocycles. The molecule has 23 heavy (non-hydrogen) atoms. The van der Waals surface area contributed by atoms with E-state index < -0.39 is 0 Å². The smallest absolute Gasteiger partial charge is 0.203 e. The minimum absolute atomic E-state index is 0.596. The number of nitrogens with zero attached hydrogens (tertiary/aromatic N) is 2. The summed E-state index contributed by atoms with van der Waals surface area (Å²) in [6.07, 6.45) is 1.00. The summed E-state index contributed by atoms with van der Waals surface area (Å²) in [5, 5.41) is 7.72. The van der Waals surface area contributed by atoms with E-state index in [9.17, 15) is 0 Å². The first kappa shape index (κ1) is 15.7. The van der Waals surface area contributed by atoms with Crippen molar-refractivity contribution in [1.82, 2.24) is 15.1 Å². The summed E-state index contributed by atoms with van der Waals surface area (Å²) in [4.78, 5) is 2.42. The minimum Gasteiger partial charge on any atom is -0.493 e. The zero-order valence-corrected chi connectivity index (χ0v) is 14.1. The number of benzene rings is 1. The number of hydrogen-bond donors (Lipinski definition) is 1. The van der Waals surface area contributed by atoms with E-state index in [4.69, 9.17) is 14.2 Å². The van der Waals surface area contributed by atoms with Crippen molar-refractivity contribution >= 4 is 0 Å². The second-order valence-corrected chi connectivity index (χ2v) is 5.56. The van der Waals surface area contributed by atoms with E-state index in [1.165, 1.54) is 11.3 Å². The Labute approximate surface area is 136 Å². The van der Waals surface area contributed by atoms with E-state index >= 15 is 0 Å². The molecule has 0 bridgehead atoms. The molecule has 0 fully saturated rings. The van der Waals surface area contributed by atoms with Crippen LogP contribution in [0.4, 0.5) is 0 Å². The normalized spacial score (nSPS) is 14.4. The molecule has 0 aliphatic carbocycles. The molecule has 3 rings (SSSR count). The number of nitrogens with one attached hydrogen (secondary N) is 1. The van der Waals surface area contributed by atoms with Gasteiger partial charge in [-0.15, -0.1) is 0 Å². The quantitative estimate of drug-likeness (QED) is 0.918. The first-order valence-corrected chi connectivity index (χ1v) is 7.80. The van der Waals surface area contributed by atoms with Crippen LogP contribution in [-0.4, -0.2) is 49.5 Å². The number of ether oxygens (including phenoxy) is 3. The summed E-state index contributed by atoms with van der Waals surface area (Å²) in [5.74, 6) is 1.88. The van der Waals surface area contributed by atoms with Gasteiger partial charge in [0, 0.05) is 36.3 Å². The van der Waals surface area contributed by atoms with Gasteiger partial charge in [-0.2, -0.15) is 5.10 Å². The van der Waals surface area contributed by atoms with Crippen LogP contribution in [0.5, 0.6) is 17.2 Å². The van der Waals surface area contributed by atoms with Gasteiger partial charge in [-0.1, -0.05) is 6.92 Å². The van der Waals surface area contributed by atoms with Gasteiger partial charge >= 0.3 is 0 Å². The Morgan fingerprint density at radius 1 is 1.13 bits per heavy atom. The van der Waals surface area contributed by atoms with Crippen LogP contribution in [0.1, 0.15) is 18.2 Å². The Morgan fingerprint density at radius 3 is 2.39 bits per heavy atom. The molecule has 124 valence electrons. The van der Waals surface area contributed by atoms with Crippen LogP contribution >= 0.6 is 0 Å². The molecule has 0 spiro atoms. The third-order valence-electron chi connectivity index (χ3n) is 4.40. The zero-order valence-electron chi connectivity index (χ0n) is 14.1. The van der Waals surface area contributed by atoms with Crippen molar-refractivity contribution in [2.75, 3.05) is 34.4 Å². The lowest BCUT2D eigenvalue weighted by Crippen LogP contribution is -2.30. The lowest BCUT2D eigenvalue weighted by Gasteiger charge is -2.25. The van der Waals surface area contributed by atoms with Gasteiger partial charge in [-0.05, 0) is 18.7 Å². The molecule has 1 aliphatic rings. The number of rotatable bonds is 5. The average Bonchev–Trinajstić information content (AvgIpc) is 3.03. The van der Waals surface area contributed by atoms with E-state index in [1.54, 1.807) is 21.3 Å². The molecule has 6 nitrogen and oxygen atoms in total. The monoisotopic (exact) mass is 317 g/mol. The maximum atomic E-state index is 5.45. The van der Waals surface area contributed by atoms with Gasteiger partial charge in [0.2, 0.25) is 5.75 Å². The van der Waals surface area contributed by atoms with Crippen molar-refractivity contribution in [3.8, 4) is 28.5 Å². The fourth-order valence-electron chi connectivity index (χ4n) is 3.08. The predicted molar refractivity (Wildman–Crippen MR) is 88.3 cm³/mol. The Morgan fingerprint density at radius 2 is 1.83 bits per heavy atom. The van der Waals surface area contributed by atoms with Crippen LogP contribution in [0.15, 0.2) is 12.1 Å². The summed E-state index contributed by atoms with van der Waals surface area (Å²) in [7, 11) is 4.86. The number of fused-ring (bicyclic) bond motifs is 1. The molecule has 2 aromatic rings. The third-order valence-corrected chi connectivity index (χ3v) is 4.40. The van der Waals surface area contributed by atoms with Gasteiger partial charge in [0.05, 0.1) is 27.0 Å². The largest absolute Gasteiger partial charge is 0.493 e. The lowest BCUT2D eigenvalue weighted by atomic mass is 10.0. The Hall–Kier alpha value is -2.21. The average molecular weight is 317 g/mol. The number of likely N-dealkylation sites (N-methyl/N-ethyl adjacent to an activating group) is 1. The van der Waals surface area contributed by atoms with Crippen LogP contribution in [0.2, 0.25) is 0 Å². The highest BCUT2D eigenvalue weighted by Crippen LogP contribution is 2.42. The molecule has 1 aromatic carbocycles. The van der Waals surface area contributed by atoms with Crippen LogP contribution in [0, 0.1) is 0 Å². The number of H-pyrrole nitrogens is 1.